The van der Waals surface area contributed by atoms with Crippen molar-refractivity contribution in [1.29, 1.82) is 0 Å². The summed E-state index contributed by atoms with van der Waals surface area (Å²) in [6, 6.07) is 0. The van der Waals surface area contributed by atoms with E-state index in [1.807, 2.05) is 0 Å². The fourth-order valence-corrected chi connectivity index (χ4v) is 2.83. The molecule has 1 aliphatic carbocycles. The van der Waals surface area contributed by atoms with Crippen molar-refractivity contribution in [3.05, 3.63) is 22.8 Å². The molecule has 0 fully saturated rings. The summed E-state index contributed by atoms with van der Waals surface area (Å²) in [5, 5.41) is 10.5. The topological polar surface area (TPSA) is 92.4 Å². The van der Waals surface area contributed by atoms with Gasteiger partial charge in [0.25, 0.3) is 5.97 Å². The van der Waals surface area contributed by atoms with Gasteiger partial charge in [0, 0.05) is 25.3 Å². The Bertz CT molecular complexity index is 491. The average molecular weight is 338 g/mol. The predicted octanol–water partition coefficient (Wildman–Crippen LogP) is 3.41. The molecule has 0 radical (unpaired) electrons. The van der Waals surface area contributed by atoms with Gasteiger partial charge in [-0.25, -0.2) is 0 Å². The number of carbonyl (C=O) groups is 2. The van der Waals surface area contributed by atoms with E-state index < -0.39 is 5.97 Å². The zero-order valence-electron chi connectivity index (χ0n) is 15.9. The number of nitrogens with one attached hydrogen (secondary N) is 1. The fraction of sp³-hybridized carbons (Fsp3) is 0.684. The van der Waals surface area contributed by atoms with E-state index in [1.165, 1.54) is 16.7 Å². The number of unbranched alkanes of at least 4 members (excludes halogenated alkanes) is 2. The molecule has 1 unspecified atom stereocenters. The molecule has 0 aromatic carbocycles. The van der Waals surface area contributed by atoms with Gasteiger partial charge in [0.1, 0.15) is 0 Å². The van der Waals surface area contributed by atoms with E-state index in [9.17, 15) is 4.79 Å². The number of hydrogen-bond acceptors (Lipinski definition) is 3. The Kier molecular flexibility index (Phi) is 10.3. The largest absolute Gasteiger partial charge is 0.481 e. The van der Waals surface area contributed by atoms with Crippen LogP contribution in [0.5, 0.6) is 0 Å². The number of carbonyl (C=O) groups excluding carboxylic acids is 1. The first kappa shape index (κ1) is 22.4. The number of carboxylic acid groups (broad SMARTS) is 1. The summed E-state index contributed by atoms with van der Waals surface area (Å²) < 4.78 is 0. The first-order chi connectivity index (χ1) is 11.1. The summed E-state index contributed by atoms with van der Waals surface area (Å²) in [6.07, 6.45) is 6.94. The molecule has 0 aromatic heterocycles. The van der Waals surface area contributed by atoms with Crippen LogP contribution in [0.1, 0.15) is 66.7 Å². The van der Waals surface area contributed by atoms with Gasteiger partial charge in [0.15, 0.2) is 0 Å². The summed E-state index contributed by atoms with van der Waals surface area (Å²) in [7, 11) is 0. The maximum absolute atomic E-state index is 11.7. The zero-order valence-corrected chi connectivity index (χ0v) is 15.9. The predicted molar refractivity (Wildman–Crippen MR) is 98.7 cm³/mol. The molecule has 4 N–H and O–H groups in total. The van der Waals surface area contributed by atoms with Crippen LogP contribution in [0, 0.1) is 5.41 Å². The van der Waals surface area contributed by atoms with Crippen LogP contribution >= 0.6 is 0 Å². The van der Waals surface area contributed by atoms with E-state index in [0.29, 0.717) is 6.42 Å². The SMILES string of the molecule is CC(=O)O.CC1=CC(C)(CCNC(=O)CCCCCN)C(C)=C1C. The van der Waals surface area contributed by atoms with E-state index in [4.69, 9.17) is 15.6 Å². The van der Waals surface area contributed by atoms with Gasteiger partial charge in [-0.3, -0.25) is 9.59 Å². The molecular formula is C19H34N2O3. The summed E-state index contributed by atoms with van der Waals surface area (Å²) in [5.74, 6) is -0.664. The van der Waals surface area contributed by atoms with Gasteiger partial charge in [0.05, 0.1) is 0 Å². The first-order valence-electron chi connectivity index (χ1n) is 8.68. The number of nitrogens with two attached hydrogens (primary N) is 1. The van der Waals surface area contributed by atoms with Crippen LogP contribution in [0.3, 0.4) is 0 Å². The van der Waals surface area contributed by atoms with Crippen LogP contribution in [-0.4, -0.2) is 30.1 Å². The van der Waals surface area contributed by atoms with Crippen LogP contribution in [-0.2, 0) is 9.59 Å². The monoisotopic (exact) mass is 338 g/mol. The number of carboxylic acids is 1. The maximum Gasteiger partial charge on any atom is 0.300 e. The van der Waals surface area contributed by atoms with Gasteiger partial charge in [-0.05, 0) is 52.2 Å². The lowest BCUT2D eigenvalue weighted by molar-refractivity contribution is -0.134. The molecule has 138 valence electrons. The van der Waals surface area contributed by atoms with Crippen molar-refractivity contribution in [3.63, 3.8) is 0 Å². The third kappa shape index (κ3) is 8.29. The molecule has 0 aliphatic heterocycles. The lowest BCUT2D eigenvalue weighted by Gasteiger charge is -2.25. The van der Waals surface area contributed by atoms with Gasteiger partial charge in [0.2, 0.25) is 5.91 Å². The second kappa shape index (κ2) is 11.0. The second-order valence-electron chi connectivity index (χ2n) is 6.71. The van der Waals surface area contributed by atoms with E-state index in [-0.39, 0.29) is 11.3 Å². The van der Waals surface area contributed by atoms with E-state index in [0.717, 1.165) is 45.7 Å². The molecule has 1 aliphatic rings. The highest BCUT2D eigenvalue weighted by Crippen LogP contribution is 2.42. The first-order valence-corrected chi connectivity index (χ1v) is 8.68. The Balaban J connectivity index is 0.00000118. The third-order valence-electron chi connectivity index (χ3n) is 4.62. The summed E-state index contributed by atoms with van der Waals surface area (Å²) >= 11 is 0. The quantitative estimate of drug-likeness (QED) is 0.591. The number of rotatable bonds is 8. The highest BCUT2D eigenvalue weighted by Gasteiger charge is 2.30. The molecule has 0 aromatic rings. The maximum atomic E-state index is 11.7. The number of allylic oxidation sites excluding steroid dienone is 4. The van der Waals surface area contributed by atoms with Crippen molar-refractivity contribution in [2.24, 2.45) is 11.1 Å². The molecule has 0 saturated carbocycles. The van der Waals surface area contributed by atoms with Crippen LogP contribution in [0.2, 0.25) is 0 Å². The van der Waals surface area contributed by atoms with Crippen LogP contribution in [0.25, 0.3) is 0 Å². The Labute approximate surface area is 146 Å². The molecule has 0 heterocycles. The smallest absolute Gasteiger partial charge is 0.300 e. The molecule has 1 amide bonds. The molecule has 1 atom stereocenters. The van der Waals surface area contributed by atoms with E-state index in [2.05, 4.69) is 39.1 Å². The molecule has 0 bridgehead atoms. The Morgan fingerprint density at radius 1 is 1.21 bits per heavy atom. The van der Waals surface area contributed by atoms with Crippen molar-refractivity contribution >= 4 is 11.9 Å². The number of hydrogen-bond donors (Lipinski definition) is 3. The standard InChI is InChI=1S/C17H30N2O.C2H4O2/c1-13-12-17(4,15(3)14(13)2)9-11-19-16(20)8-6-5-7-10-18;1-2(3)4/h12H,5-11,18H2,1-4H3,(H,19,20);1H3,(H,3,4). The number of aliphatic carboxylic acids is 1. The minimum absolute atomic E-state index is 0.112. The van der Waals surface area contributed by atoms with Gasteiger partial charge in [-0.2, -0.15) is 0 Å². The van der Waals surface area contributed by atoms with E-state index in [1.54, 1.807) is 0 Å². The third-order valence-corrected chi connectivity index (χ3v) is 4.62. The summed E-state index contributed by atoms with van der Waals surface area (Å²) in [4.78, 5) is 20.7. The Morgan fingerprint density at radius 3 is 2.25 bits per heavy atom. The highest BCUT2D eigenvalue weighted by atomic mass is 16.4. The van der Waals surface area contributed by atoms with Gasteiger partial charge in [-0.1, -0.05) is 30.6 Å². The van der Waals surface area contributed by atoms with Crippen LogP contribution in [0.15, 0.2) is 22.8 Å². The van der Waals surface area contributed by atoms with Crippen molar-refractivity contribution in [3.8, 4) is 0 Å². The Hall–Kier alpha value is -1.62. The molecule has 5 nitrogen and oxygen atoms in total. The highest BCUT2D eigenvalue weighted by molar-refractivity contribution is 5.75. The second-order valence-corrected chi connectivity index (χ2v) is 6.71. The lowest BCUT2D eigenvalue weighted by Crippen LogP contribution is -2.28. The molecular weight excluding hydrogens is 304 g/mol. The van der Waals surface area contributed by atoms with Gasteiger partial charge >= 0.3 is 0 Å². The van der Waals surface area contributed by atoms with Crippen molar-refractivity contribution < 1.29 is 14.7 Å². The minimum atomic E-state index is -0.833. The van der Waals surface area contributed by atoms with E-state index >= 15 is 0 Å². The van der Waals surface area contributed by atoms with Crippen molar-refractivity contribution in [1.82, 2.24) is 5.32 Å². The molecule has 5 heteroatoms. The zero-order chi connectivity index (χ0) is 18.8. The molecule has 0 spiro atoms. The summed E-state index contributed by atoms with van der Waals surface area (Å²) in [5.41, 5.74) is 9.76. The van der Waals surface area contributed by atoms with Crippen LogP contribution < -0.4 is 11.1 Å². The summed E-state index contributed by atoms with van der Waals surface area (Å²) in [6.45, 7) is 11.4. The van der Waals surface area contributed by atoms with Crippen LogP contribution in [0.4, 0.5) is 0 Å². The molecule has 0 saturated heterocycles. The minimum Gasteiger partial charge on any atom is -0.481 e. The van der Waals surface area contributed by atoms with Crippen molar-refractivity contribution in [2.75, 3.05) is 13.1 Å². The average Bonchev–Trinajstić information content (AvgIpc) is 2.67. The molecule has 1 rings (SSSR count). The van der Waals surface area contributed by atoms with Crippen molar-refractivity contribution in [2.45, 2.75) is 66.7 Å². The Morgan fingerprint density at radius 2 is 1.79 bits per heavy atom. The lowest BCUT2D eigenvalue weighted by atomic mass is 9.82. The number of amides is 1. The fourth-order valence-electron chi connectivity index (χ4n) is 2.83. The van der Waals surface area contributed by atoms with Gasteiger partial charge in [-0.15, -0.1) is 0 Å². The normalized spacial score (nSPS) is 19.5. The van der Waals surface area contributed by atoms with Gasteiger partial charge < -0.3 is 16.2 Å². The molecule has 24 heavy (non-hydrogen) atoms.